The number of carbonyl (C=O) groups is 1. The number of methoxy groups -OCH3 is 1. The molecule has 1 aromatic carbocycles. The zero-order chi connectivity index (χ0) is 15.8. The number of ether oxygens (including phenoxy) is 2. The van der Waals surface area contributed by atoms with Crippen molar-refractivity contribution in [1.29, 1.82) is 0 Å². The number of aliphatic hydroxyl groups excluding tert-OH is 1. The van der Waals surface area contributed by atoms with Crippen molar-refractivity contribution in [2.45, 2.75) is 32.1 Å². The summed E-state index contributed by atoms with van der Waals surface area (Å²) in [5, 5.41) is 12.7. The highest BCUT2D eigenvalue weighted by Crippen LogP contribution is 2.19. The summed E-state index contributed by atoms with van der Waals surface area (Å²) in [6.07, 6.45) is -0.761. The Morgan fingerprint density at radius 2 is 2.09 bits per heavy atom. The van der Waals surface area contributed by atoms with Crippen LogP contribution in [0.1, 0.15) is 25.5 Å². The van der Waals surface area contributed by atoms with E-state index in [2.05, 4.69) is 5.32 Å². The average Bonchev–Trinajstić information content (AvgIpc) is 2.44. The Hall–Kier alpha value is -1.34. The molecule has 0 bridgehead atoms. The molecule has 0 aliphatic carbocycles. The second-order valence-corrected chi connectivity index (χ2v) is 5.06. The number of hydrogen-bond acceptors (Lipinski definition) is 5. The normalized spacial score (nSPS) is 13.2. The third kappa shape index (κ3) is 7.09. The highest BCUT2D eigenvalue weighted by molar-refractivity contribution is 5.85. The van der Waals surface area contributed by atoms with Crippen LogP contribution in [-0.2, 0) is 9.53 Å². The molecular weight excluding hydrogens is 308 g/mol. The van der Waals surface area contributed by atoms with Crippen LogP contribution in [0.25, 0.3) is 0 Å². The molecule has 0 aromatic heterocycles. The summed E-state index contributed by atoms with van der Waals surface area (Å²) >= 11 is 0. The minimum Gasteiger partial charge on any atom is -0.491 e. The number of halogens is 1. The lowest BCUT2D eigenvalue weighted by atomic mass is 10.1. The lowest BCUT2D eigenvalue weighted by Crippen LogP contribution is -2.44. The van der Waals surface area contributed by atoms with Crippen molar-refractivity contribution < 1.29 is 19.4 Å². The number of rotatable bonds is 8. The molecule has 0 saturated carbocycles. The maximum Gasteiger partial charge on any atom is 0.239 e. The van der Waals surface area contributed by atoms with Gasteiger partial charge in [0.2, 0.25) is 5.91 Å². The van der Waals surface area contributed by atoms with Gasteiger partial charge in [0.05, 0.1) is 18.8 Å². The summed E-state index contributed by atoms with van der Waals surface area (Å²) in [6.45, 7) is 4.09. The van der Waals surface area contributed by atoms with E-state index < -0.39 is 12.1 Å². The summed E-state index contributed by atoms with van der Waals surface area (Å²) in [7, 11) is 1.47. The number of nitrogens with one attached hydrogen (secondary N) is 1. The third-order valence-electron chi connectivity index (χ3n) is 2.77. The molecule has 0 aliphatic heterocycles. The summed E-state index contributed by atoms with van der Waals surface area (Å²) in [6, 6.07) is 6.42. The van der Waals surface area contributed by atoms with Gasteiger partial charge in [0.15, 0.2) is 0 Å². The molecule has 0 aliphatic rings. The fourth-order valence-corrected chi connectivity index (χ4v) is 1.77. The first kappa shape index (κ1) is 20.7. The molecule has 1 rings (SSSR count). The van der Waals surface area contributed by atoms with Crippen LogP contribution in [-0.4, -0.2) is 43.4 Å². The molecule has 0 heterocycles. The fraction of sp³-hybridized carbons (Fsp3) is 0.533. The molecule has 7 heteroatoms. The Kier molecular flexibility index (Phi) is 9.76. The summed E-state index contributed by atoms with van der Waals surface area (Å²) in [4.78, 5) is 11.6. The number of nitrogens with two attached hydrogens (primary N) is 1. The lowest BCUT2D eigenvalue weighted by Gasteiger charge is -2.16. The number of carbonyl (C=O) groups excluding carboxylic acids is 1. The Labute approximate surface area is 137 Å². The first-order valence-electron chi connectivity index (χ1n) is 6.91. The highest BCUT2D eigenvalue weighted by Gasteiger charge is 2.15. The molecule has 1 aromatic rings. The Morgan fingerprint density at radius 1 is 1.41 bits per heavy atom. The van der Waals surface area contributed by atoms with Crippen LogP contribution in [0.3, 0.4) is 0 Å². The zero-order valence-electron chi connectivity index (χ0n) is 13.1. The molecule has 0 fully saturated rings. The van der Waals surface area contributed by atoms with E-state index in [1.54, 1.807) is 18.2 Å². The molecule has 2 atom stereocenters. The number of benzene rings is 1. The molecule has 1 amide bonds. The van der Waals surface area contributed by atoms with Crippen LogP contribution in [0.4, 0.5) is 0 Å². The molecule has 2 unspecified atom stereocenters. The van der Waals surface area contributed by atoms with Crippen molar-refractivity contribution >= 4 is 18.3 Å². The van der Waals surface area contributed by atoms with Crippen molar-refractivity contribution in [3.8, 4) is 5.75 Å². The van der Waals surface area contributed by atoms with Crippen LogP contribution in [0.5, 0.6) is 5.75 Å². The lowest BCUT2D eigenvalue weighted by molar-refractivity contribution is -0.123. The second kappa shape index (κ2) is 10.4. The van der Waals surface area contributed by atoms with E-state index in [9.17, 15) is 9.90 Å². The molecule has 4 N–H and O–H groups in total. The Morgan fingerprint density at radius 3 is 2.68 bits per heavy atom. The second-order valence-electron chi connectivity index (χ2n) is 5.06. The predicted octanol–water partition coefficient (Wildman–Crippen LogP) is 1.02. The van der Waals surface area contributed by atoms with Gasteiger partial charge in [0.1, 0.15) is 11.8 Å². The van der Waals surface area contributed by atoms with Gasteiger partial charge in [0, 0.05) is 13.7 Å². The van der Waals surface area contributed by atoms with Gasteiger partial charge >= 0.3 is 0 Å². The number of hydrogen-bond donors (Lipinski definition) is 3. The van der Waals surface area contributed by atoms with E-state index in [0.717, 1.165) is 0 Å². The smallest absolute Gasteiger partial charge is 0.239 e. The Bertz CT molecular complexity index is 457. The van der Waals surface area contributed by atoms with Crippen molar-refractivity contribution in [1.82, 2.24) is 5.32 Å². The minimum absolute atomic E-state index is 0. The monoisotopic (exact) mass is 332 g/mol. The summed E-state index contributed by atoms with van der Waals surface area (Å²) in [5.41, 5.74) is 6.27. The minimum atomic E-state index is -0.820. The molecule has 22 heavy (non-hydrogen) atoms. The van der Waals surface area contributed by atoms with Crippen molar-refractivity contribution in [3.05, 3.63) is 29.8 Å². The molecule has 0 spiro atoms. The van der Waals surface area contributed by atoms with Crippen LogP contribution in [0.2, 0.25) is 0 Å². The molecule has 126 valence electrons. The van der Waals surface area contributed by atoms with Crippen molar-refractivity contribution in [3.63, 3.8) is 0 Å². The number of aliphatic hydroxyl groups is 1. The van der Waals surface area contributed by atoms with Gasteiger partial charge in [0.25, 0.3) is 0 Å². The van der Waals surface area contributed by atoms with Crippen molar-refractivity contribution in [2.75, 3.05) is 20.3 Å². The van der Waals surface area contributed by atoms with E-state index in [-0.39, 0.29) is 37.6 Å². The first-order chi connectivity index (χ1) is 9.93. The summed E-state index contributed by atoms with van der Waals surface area (Å²) in [5.74, 6) is 0.328. The van der Waals surface area contributed by atoms with Gasteiger partial charge in [-0.3, -0.25) is 4.79 Å². The van der Waals surface area contributed by atoms with Crippen LogP contribution >= 0.6 is 12.4 Å². The molecule has 0 radical (unpaired) electrons. The SMILES string of the molecule is COCC(N)C(=O)NCC(O)c1cccc(OC(C)C)c1.Cl. The van der Waals surface area contributed by atoms with E-state index in [0.29, 0.717) is 11.3 Å². The molecule has 0 saturated heterocycles. The highest BCUT2D eigenvalue weighted by atomic mass is 35.5. The average molecular weight is 333 g/mol. The van der Waals surface area contributed by atoms with Gasteiger partial charge < -0.3 is 25.6 Å². The standard InChI is InChI=1S/C15H24N2O4.ClH/c1-10(2)21-12-6-4-5-11(7-12)14(18)8-17-15(19)13(16)9-20-3;/h4-7,10,13-14,18H,8-9,16H2,1-3H3,(H,17,19);1H. The van der Waals surface area contributed by atoms with Gasteiger partial charge in [-0.15, -0.1) is 12.4 Å². The predicted molar refractivity (Wildman–Crippen MR) is 87.3 cm³/mol. The molecular formula is C15H25ClN2O4. The number of amides is 1. The van der Waals surface area contributed by atoms with Gasteiger partial charge in [-0.2, -0.15) is 0 Å². The van der Waals surface area contributed by atoms with Crippen molar-refractivity contribution in [2.24, 2.45) is 5.73 Å². The van der Waals surface area contributed by atoms with Gasteiger partial charge in [-0.05, 0) is 31.5 Å². The quantitative estimate of drug-likeness (QED) is 0.661. The maximum atomic E-state index is 11.6. The van der Waals surface area contributed by atoms with Crippen LogP contribution in [0, 0.1) is 0 Å². The van der Waals surface area contributed by atoms with E-state index in [1.165, 1.54) is 7.11 Å². The van der Waals surface area contributed by atoms with E-state index in [1.807, 2.05) is 19.9 Å². The maximum absolute atomic E-state index is 11.6. The fourth-order valence-electron chi connectivity index (χ4n) is 1.77. The van der Waals surface area contributed by atoms with E-state index >= 15 is 0 Å². The summed E-state index contributed by atoms with van der Waals surface area (Å²) < 4.78 is 10.4. The van der Waals surface area contributed by atoms with Crippen LogP contribution < -0.4 is 15.8 Å². The van der Waals surface area contributed by atoms with Gasteiger partial charge in [-0.25, -0.2) is 0 Å². The van der Waals surface area contributed by atoms with Gasteiger partial charge in [-0.1, -0.05) is 12.1 Å². The first-order valence-corrected chi connectivity index (χ1v) is 6.91. The topological polar surface area (TPSA) is 93.8 Å². The third-order valence-corrected chi connectivity index (χ3v) is 2.77. The van der Waals surface area contributed by atoms with E-state index in [4.69, 9.17) is 15.2 Å². The Balaban J connectivity index is 0.00000441. The van der Waals surface area contributed by atoms with Crippen LogP contribution in [0.15, 0.2) is 24.3 Å². The largest absolute Gasteiger partial charge is 0.491 e. The molecule has 6 nitrogen and oxygen atoms in total. The zero-order valence-corrected chi connectivity index (χ0v) is 13.9.